The van der Waals surface area contributed by atoms with E-state index < -0.39 is 97.5 Å². The Labute approximate surface area is 626 Å². The maximum atomic E-state index is 13.1. The van der Waals surface area contributed by atoms with Crippen LogP contribution in [0.2, 0.25) is 0 Å². The summed E-state index contributed by atoms with van der Waals surface area (Å²) in [6, 6.07) is 0. The number of carbonyl (C=O) groups excluding carboxylic acids is 4. The predicted octanol–water partition coefficient (Wildman–Crippen LogP) is 25.1. The van der Waals surface area contributed by atoms with Gasteiger partial charge in [-0.2, -0.15) is 0 Å². The fourth-order valence-corrected chi connectivity index (χ4v) is 14.5. The first-order valence-electron chi connectivity index (χ1n) is 43.0. The maximum Gasteiger partial charge on any atom is 0.472 e. The van der Waals surface area contributed by atoms with Gasteiger partial charge in [0, 0.05) is 25.7 Å². The normalized spacial score (nSPS) is 13.9. The van der Waals surface area contributed by atoms with Gasteiger partial charge in [0.05, 0.1) is 26.4 Å². The molecule has 2 unspecified atom stereocenters. The minimum Gasteiger partial charge on any atom is -0.462 e. The lowest BCUT2D eigenvalue weighted by molar-refractivity contribution is -0.161. The standard InChI is InChI=1S/C83H162O17P2/c1-7-9-11-13-15-17-19-21-23-24-25-26-27-28-29-31-33-35-42-49-55-61-67-82(87)99-78(71-93-80(85)65-59-53-47-41-34-32-30-22-20-18-16-14-12-10-8-2)73-97-101(89,90)95-69-77(84)70-96-102(91,92)98-74-79(72-94-81(86)66-60-54-48-44-38-40-46-52-58-64-76(5)6)100-83(88)68-62-56-50-43-37-36-39-45-51-57-63-75(3)4/h75-79,84H,7-74H2,1-6H3,(H,89,90)(H,91,92)/t77-,78-,79-/m1/s1. The second-order valence-electron chi connectivity index (χ2n) is 30.8. The van der Waals surface area contributed by atoms with E-state index in [0.29, 0.717) is 25.7 Å². The van der Waals surface area contributed by atoms with E-state index in [1.165, 1.54) is 257 Å². The summed E-state index contributed by atoms with van der Waals surface area (Å²) in [7, 11) is -9.92. The molecule has 19 heteroatoms. The highest BCUT2D eigenvalue weighted by molar-refractivity contribution is 7.47. The van der Waals surface area contributed by atoms with Gasteiger partial charge in [0.15, 0.2) is 12.2 Å². The van der Waals surface area contributed by atoms with Crippen LogP contribution in [0, 0.1) is 11.8 Å². The van der Waals surface area contributed by atoms with Crippen molar-refractivity contribution < 1.29 is 80.2 Å². The zero-order valence-electron chi connectivity index (χ0n) is 66.9. The minimum absolute atomic E-state index is 0.106. The van der Waals surface area contributed by atoms with Gasteiger partial charge in [-0.15, -0.1) is 0 Å². The Hall–Kier alpha value is -1.94. The van der Waals surface area contributed by atoms with Crippen molar-refractivity contribution in [2.75, 3.05) is 39.6 Å². The van der Waals surface area contributed by atoms with Crippen molar-refractivity contribution in [3.63, 3.8) is 0 Å². The van der Waals surface area contributed by atoms with E-state index in [1.807, 2.05) is 0 Å². The first kappa shape index (κ1) is 100. The fraction of sp³-hybridized carbons (Fsp3) is 0.952. The summed E-state index contributed by atoms with van der Waals surface area (Å²) < 4.78 is 68.8. The van der Waals surface area contributed by atoms with Gasteiger partial charge >= 0.3 is 39.5 Å². The molecule has 0 amide bonds. The number of esters is 4. The van der Waals surface area contributed by atoms with Gasteiger partial charge in [-0.25, -0.2) is 9.13 Å². The molecule has 0 saturated heterocycles. The summed E-state index contributed by atoms with van der Waals surface area (Å²) in [5, 5.41) is 10.7. The van der Waals surface area contributed by atoms with Crippen LogP contribution in [0.15, 0.2) is 0 Å². The van der Waals surface area contributed by atoms with Crippen LogP contribution in [-0.4, -0.2) is 96.7 Å². The average Bonchev–Trinajstić information content (AvgIpc) is 0.946. The molecule has 102 heavy (non-hydrogen) atoms. The molecule has 0 rings (SSSR count). The topological polar surface area (TPSA) is 237 Å². The van der Waals surface area contributed by atoms with Gasteiger partial charge in [-0.1, -0.05) is 388 Å². The molecule has 606 valence electrons. The van der Waals surface area contributed by atoms with Crippen molar-refractivity contribution in [2.24, 2.45) is 11.8 Å². The van der Waals surface area contributed by atoms with E-state index in [9.17, 15) is 43.2 Å². The van der Waals surface area contributed by atoms with Crippen molar-refractivity contribution in [1.29, 1.82) is 0 Å². The van der Waals surface area contributed by atoms with E-state index in [0.717, 1.165) is 102 Å². The number of phosphoric ester groups is 2. The molecular weight excluding hydrogens is 1330 g/mol. The molecular formula is C83H162O17P2. The Morgan fingerprint density at radius 2 is 0.451 bits per heavy atom. The van der Waals surface area contributed by atoms with Crippen LogP contribution in [0.5, 0.6) is 0 Å². The third kappa shape index (κ3) is 76.3. The first-order valence-corrected chi connectivity index (χ1v) is 46.0. The highest BCUT2D eigenvalue weighted by Crippen LogP contribution is 2.45. The third-order valence-corrected chi connectivity index (χ3v) is 21.4. The van der Waals surface area contributed by atoms with E-state index in [2.05, 4.69) is 41.5 Å². The van der Waals surface area contributed by atoms with Crippen LogP contribution >= 0.6 is 15.6 Å². The van der Waals surface area contributed by atoms with Gasteiger partial charge in [0.1, 0.15) is 19.3 Å². The molecule has 0 saturated carbocycles. The lowest BCUT2D eigenvalue weighted by atomic mass is 10.0. The SMILES string of the molecule is CCCCCCCCCCCCCCCCCCCCCCCCC(=O)O[C@H](COC(=O)CCCCCCCCCCCCCCCCC)COP(=O)(O)OC[C@@H](O)COP(=O)(O)OC[C@@H](COC(=O)CCCCCCCCCCCC(C)C)OC(=O)CCCCCCCCCCCCC(C)C. The van der Waals surface area contributed by atoms with E-state index >= 15 is 0 Å². The molecule has 17 nitrogen and oxygen atoms in total. The van der Waals surface area contributed by atoms with Gasteiger partial charge < -0.3 is 33.8 Å². The van der Waals surface area contributed by atoms with Crippen molar-refractivity contribution >= 4 is 39.5 Å². The molecule has 3 N–H and O–H groups in total. The number of phosphoric acid groups is 2. The van der Waals surface area contributed by atoms with Gasteiger partial charge in [0.25, 0.3) is 0 Å². The summed E-state index contributed by atoms with van der Waals surface area (Å²) in [5.41, 5.74) is 0. The minimum atomic E-state index is -4.96. The number of rotatable bonds is 82. The van der Waals surface area contributed by atoms with Crippen molar-refractivity contribution in [2.45, 2.75) is 458 Å². The third-order valence-electron chi connectivity index (χ3n) is 19.5. The Morgan fingerprint density at radius 1 is 0.265 bits per heavy atom. The second kappa shape index (κ2) is 74.5. The summed E-state index contributed by atoms with van der Waals surface area (Å²) >= 11 is 0. The van der Waals surface area contributed by atoms with E-state index in [1.54, 1.807) is 0 Å². The molecule has 5 atom stereocenters. The summed E-state index contributed by atoms with van der Waals surface area (Å²) in [6.07, 6.45) is 65.3. The first-order chi connectivity index (χ1) is 49.4. The lowest BCUT2D eigenvalue weighted by Crippen LogP contribution is -2.30. The zero-order chi connectivity index (χ0) is 74.9. The van der Waals surface area contributed by atoms with Gasteiger partial charge in [-0.3, -0.25) is 37.3 Å². The number of ether oxygens (including phenoxy) is 4. The fourth-order valence-electron chi connectivity index (χ4n) is 12.9. The molecule has 0 aromatic carbocycles. The molecule has 0 bridgehead atoms. The Morgan fingerprint density at radius 3 is 0.667 bits per heavy atom. The second-order valence-corrected chi connectivity index (χ2v) is 33.7. The van der Waals surface area contributed by atoms with Crippen molar-refractivity contribution in [1.82, 2.24) is 0 Å². The molecule has 0 aromatic heterocycles. The van der Waals surface area contributed by atoms with Crippen LogP contribution in [0.4, 0.5) is 0 Å². The molecule has 0 aliphatic carbocycles. The van der Waals surface area contributed by atoms with Crippen molar-refractivity contribution in [3.8, 4) is 0 Å². The molecule has 0 heterocycles. The number of aliphatic hydroxyl groups excluding tert-OH is 1. The monoisotopic (exact) mass is 1490 g/mol. The number of hydrogen-bond acceptors (Lipinski definition) is 15. The largest absolute Gasteiger partial charge is 0.472 e. The average molecular weight is 1490 g/mol. The highest BCUT2D eigenvalue weighted by atomic mass is 31.2. The van der Waals surface area contributed by atoms with Crippen LogP contribution in [-0.2, 0) is 65.4 Å². The molecule has 0 aliphatic rings. The molecule has 0 spiro atoms. The summed E-state index contributed by atoms with van der Waals surface area (Å²) in [4.78, 5) is 73.1. The smallest absolute Gasteiger partial charge is 0.462 e. The Balaban J connectivity index is 5.22. The van der Waals surface area contributed by atoms with Gasteiger partial charge in [0.2, 0.25) is 0 Å². The molecule has 0 aliphatic heterocycles. The Bertz CT molecular complexity index is 1960. The van der Waals surface area contributed by atoms with E-state index in [4.69, 9.17) is 37.0 Å². The lowest BCUT2D eigenvalue weighted by Gasteiger charge is -2.21. The van der Waals surface area contributed by atoms with Crippen LogP contribution in [0.3, 0.4) is 0 Å². The highest BCUT2D eigenvalue weighted by Gasteiger charge is 2.30. The van der Waals surface area contributed by atoms with Crippen LogP contribution < -0.4 is 0 Å². The van der Waals surface area contributed by atoms with E-state index in [-0.39, 0.29) is 25.7 Å². The number of carbonyl (C=O) groups is 4. The van der Waals surface area contributed by atoms with Crippen LogP contribution in [0.1, 0.15) is 440 Å². The van der Waals surface area contributed by atoms with Crippen LogP contribution in [0.25, 0.3) is 0 Å². The Kier molecular flexibility index (Phi) is 73.1. The maximum absolute atomic E-state index is 13.1. The summed E-state index contributed by atoms with van der Waals surface area (Å²) in [5.74, 6) is -0.611. The molecule has 0 aromatic rings. The molecule has 0 fully saturated rings. The number of unbranched alkanes of at least 4 members (excludes halogenated alkanes) is 52. The predicted molar refractivity (Wildman–Crippen MR) is 418 cm³/mol. The quantitative estimate of drug-likeness (QED) is 0.0222. The summed E-state index contributed by atoms with van der Waals surface area (Å²) in [6.45, 7) is 9.62. The van der Waals surface area contributed by atoms with Crippen molar-refractivity contribution in [3.05, 3.63) is 0 Å². The molecule has 0 radical (unpaired) electrons. The van der Waals surface area contributed by atoms with Gasteiger partial charge in [-0.05, 0) is 37.5 Å². The number of aliphatic hydroxyl groups is 1. The zero-order valence-corrected chi connectivity index (χ0v) is 68.7. The number of hydrogen-bond donors (Lipinski definition) is 3.